The Kier molecular flexibility index (Phi) is 8.49. The van der Waals surface area contributed by atoms with Crippen LogP contribution >= 0.6 is 11.6 Å². The predicted octanol–water partition coefficient (Wildman–Crippen LogP) is 4.95. The van der Waals surface area contributed by atoms with E-state index >= 15 is 0 Å². The lowest BCUT2D eigenvalue weighted by atomic mass is 9.79. The van der Waals surface area contributed by atoms with Crippen LogP contribution in [0.15, 0.2) is 54.6 Å². The second kappa shape index (κ2) is 11.3. The third kappa shape index (κ3) is 6.17. The van der Waals surface area contributed by atoms with Crippen LogP contribution in [-0.2, 0) is 16.1 Å². The lowest BCUT2D eigenvalue weighted by molar-refractivity contribution is -0.151. The van der Waals surface area contributed by atoms with Crippen LogP contribution in [-0.4, -0.2) is 26.7 Å². The molecule has 1 saturated carbocycles. The molecular formula is C23H30ClN3O3. The number of hydrogen-bond donors (Lipinski definition) is 2. The van der Waals surface area contributed by atoms with E-state index in [1.807, 2.05) is 30.7 Å². The molecule has 1 aromatic carbocycles. The Balaban J connectivity index is 1.89. The number of carbonyl (C=O) groups is 1. The van der Waals surface area contributed by atoms with Gasteiger partial charge in [-0.15, -0.1) is 0 Å². The standard InChI is InChI=1S/C23H30ClN3O3/c24-19-9-4-6-17(14-19)15-21(27-13-12-26-16-27)20(18-7-2-1-3-8-18)10-5-11-22(30-25)23(28)29/h4,6,9-10,12-14,16,18,21-22H,1-3,5,7-8,11,15,25H2,(H,28,29)/b20-10-. The van der Waals surface area contributed by atoms with Crippen LogP contribution in [0.2, 0.25) is 5.02 Å². The van der Waals surface area contributed by atoms with Crippen molar-refractivity contribution in [2.45, 2.75) is 63.5 Å². The van der Waals surface area contributed by atoms with Crippen molar-refractivity contribution in [3.05, 3.63) is 65.2 Å². The van der Waals surface area contributed by atoms with Crippen molar-refractivity contribution in [3.63, 3.8) is 0 Å². The molecule has 1 aromatic heterocycles. The Labute approximate surface area is 182 Å². The first-order chi connectivity index (χ1) is 14.6. The minimum absolute atomic E-state index is 0.108. The van der Waals surface area contributed by atoms with Gasteiger partial charge in [-0.2, -0.15) is 0 Å². The number of hydrogen-bond acceptors (Lipinski definition) is 4. The number of aromatic nitrogens is 2. The highest BCUT2D eigenvalue weighted by molar-refractivity contribution is 6.30. The summed E-state index contributed by atoms with van der Waals surface area (Å²) in [5.74, 6) is 4.61. The zero-order chi connectivity index (χ0) is 21.3. The Morgan fingerprint density at radius 1 is 1.37 bits per heavy atom. The average molecular weight is 432 g/mol. The van der Waals surface area contributed by atoms with Crippen LogP contribution in [0.5, 0.6) is 0 Å². The molecule has 30 heavy (non-hydrogen) atoms. The summed E-state index contributed by atoms with van der Waals surface area (Å²) in [5.41, 5.74) is 2.51. The van der Waals surface area contributed by atoms with Crippen molar-refractivity contribution in [2.24, 2.45) is 11.8 Å². The molecule has 0 bridgehead atoms. The number of carboxylic acid groups (broad SMARTS) is 1. The minimum atomic E-state index is -1.03. The van der Waals surface area contributed by atoms with E-state index in [0.29, 0.717) is 18.8 Å². The lowest BCUT2D eigenvalue weighted by Gasteiger charge is -2.31. The topological polar surface area (TPSA) is 90.4 Å². The van der Waals surface area contributed by atoms with Crippen molar-refractivity contribution in [3.8, 4) is 0 Å². The molecular weight excluding hydrogens is 402 g/mol. The molecule has 0 radical (unpaired) electrons. The number of allylic oxidation sites excluding steroid dienone is 2. The molecule has 1 fully saturated rings. The summed E-state index contributed by atoms with van der Waals surface area (Å²) in [6.07, 6.45) is 14.6. The number of aliphatic carboxylic acids is 1. The summed E-state index contributed by atoms with van der Waals surface area (Å²) in [6.45, 7) is 0. The first-order valence-corrected chi connectivity index (χ1v) is 11.0. The molecule has 0 aliphatic heterocycles. The maximum Gasteiger partial charge on any atom is 0.334 e. The molecule has 2 atom stereocenters. The van der Waals surface area contributed by atoms with E-state index in [1.54, 1.807) is 6.20 Å². The molecule has 7 heteroatoms. The quantitative estimate of drug-likeness (QED) is 0.410. The Bertz CT molecular complexity index is 832. The van der Waals surface area contributed by atoms with Gasteiger partial charge in [-0.25, -0.2) is 15.7 Å². The number of halogens is 1. The van der Waals surface area contributed by atoms with E-state index in [-0.39, 0.29) is 6.04 Å². The van der Waals surface area contributed by atoms with Crippen molar-refractivity contribution in [1.82, 2.24) is 9.55 Å². The van der Waals surface area contributed by atoms with Gasteiger partial charge in [0.2, 0.25) is 0 Å². The molecule has 6 nitrogen and oxygen atoms in total. The molecule has 0 saturated heterocycles. The monoisotopic (exact) mass is 431 g/mol. The van der Waals surface area contributed by atoms with Gasteiger partial charge in [0.25, 0.3) is 0 Å². The van der Waals surface area contributed by atoms with Crippen LogP contribution in [0.4, 0.5) is 0 Å². The van der Waals surface area contributed by atoms with E-state index in [4.69, 9.17) is 17.5 Å². The van der Waals surface area contributed by atoms with Gasteiger partial charge in [0, 0.05) is 17.4 Å². The van der Waals surface area contributed by atoms with Crippen LogP contribution in [0.3, 0.4) is 0 Å². The van der Waals surface area contributed by atoms with E-state index in [0.717, 1.165) is 29.8 Å². The third-order valence-corrected chi connectivity index (χ3v) is 6.15. The van der Waals surface area contributed by atoms with E-state index < -0.39 is 12.1 Å². The highest BCUT2D eigenvalue weighted by Gasteiger charge is 2.26. The van der Waals surface area contributed by atoms with Crippen LogP contribution in [0.1, 0.15) is 56.6 Å². The van der Waals surface area contributed by atoms with Gasteiger partial charge in [-0.3, -0.25) is 4.84 Å². The van der Waals surface area contributed by atoms with Gasteiger partial charge in [0.1, 0.15) is 0 Å². The van der Waals surface area contributed by atoms with Crippen LogP contribution in [0, 0.1) is 5.92 Å². The largest absolute Gasteiger partial charge is 0.479 e. The molecule has 0 spiro atoms. The van der Waals surface area contributed by atoms with E-state index in [9.17, 15) is 9.90 Å². The van der Waals surface area contributed by atoms with Crippen molar-refractivity contribution in [2.75, 3.05) is 0 Å². The van der Waals surface area contributed by atoms with Crippen molar-refractivity contribution < 1.29 is 14.7 Å². The highest BCUT2D eigenvalue weighted by atomic mass is 35.5. The van der Waals surface area contributed by atoms with Gasteiger partial charge < -0.3 is 9.67 Å². The van der Waals surface area contributed by atoms with Gasteiger partial charge in [-0.1, -0.05) is 49.1 Å². The number of nitrogens with two attached hydrogens (primary N) is 1. The molecule has 0 amide bonds. The normalized spacial score (nSPS) is 17.6. The van der Waals surface area contributed by atoms with Gasteiger partial charge in [0.05, 0.1) is 12.4 Å². The first-order valence-electron chi connectivity index (χ1n) is 10.6. The van der Waals surface area contributed by atoms with Crippen LogP contribution in [0.25, 0.3) is 0 Å². The first kappa shape index (κ1) is 22.5. The number of benzene rings is 1. The molecule has 2 aromatic rings. The van der Waals surface area contributed by atoms with Gasteiger partial charge in [-0.05, 0) is 61.3 Å². The minimum Gasteiger partial charge on any atom is -0.479 e. The Hall–Kier alpha value is -2.15. The van der Waals surface area contributed by atoms with Gasteiger partial charge in [0.15, 0.2) is 6.10 Å². The highest BCUT2D eigenvalue weighted by Crippen LogP contribution is 2.37. The van der Waals surface area contributed by atoms with Crippen molar-refractivity contribution in [1.29, 1.82) is 0 Å². The molecule has 1 aliphatic carbocycles. The molecule has 162 valence electrons. The van der Waals surface area contributed by atoms with Gasteiger partial charge >= 0.3 is 5.97 Å². The maximum atomic E-state index is 11.3. The molecule has 1 heterocycles. The summed E-state index contributed by atoms with van der Waals surface area (Å²) in [6, 6.07) is 8.07. The number of imidazole rings is 1. The average Bonchev–Trinajstić information content (AvgIpc) is 3.28. The fourth-order valence-electron chi connectivity index (χ4n) is 4.40. The maximum absolute atomic E-state index is 11.3. The molecule has 2 unspecified atom stereocenters. The zero-order valence-electron chi connectivity index (χ0n) is 17.1. The lowest BCUT2D eigenvalue weighted by Crippen LogP contribution is -2.27. The van der Waals surface area contributed by atoms with Crippen LogP contribution < -0.4 is 5.90 Å². The summed E-state index contributed by atoms with van der Waals surface area (Å²) < 4.78 is 2.15. The number of carboxylic acids is 1. The zero-order valence-corrected chi connectivity index (χ0v) is 17.9. The second-order valence-electron chi connectivity index (χ2n) is 7.94. The van der Waals surface area contributed by atoms with E-state index in [1.165, 1.54) is 24.8 Å². The summed E-state index contributed by atoms with van der Waals surface area (Å²) >= 11 is 6.23. The fourth-order valence-corrected chi connectivity index (χ4v) is 4.61. The Morgan fingerprint density at radius 3 is 2.80 bits per heavy atom. The number of rotatable bonds is 10. The second-order valence-corrected chi connectivity index (χ2v) is 8.38. The summed E-state index contributed by atoms with van der Waals surface area (Å²) in [4.78, 5) is 20.1. The van der Waals surface area contributed by atoms with E-state index in [2.05, 4.69) is 26.5 Å². The summed E-state index contributed by atoms with van der Waals surface area (Å²) in [7, 11) is 0. The van der Waals surface area contributed by atoms with Crippen molar-refractivity contribution >= 4 is 17.6 Å². The molecule has 3 rings (SSSR count). The smallest absolute Gasteiger partial charge is 0.334 e. The third-order valence-electron chi connectivity index (χ3n) is 5.91. The predicted molar refractivity (Wildman–Crippen MR) is 117 cm³/mol. The number of nitrogens with zero attached hydrogens (tertiary/aromatic N) is 2. The molecule has 1 aliphatic rings. The fraction of sp³-hybridized carbons (Fsp3) is 0.478. The SMILES string of the molecule is NOC(CC/C=C(/C1CCCCC1)C(Cc1cccc(Cl)c1)n1ccnc1)C(=O)O. The molecule has 3 N–H and O–H groups in total. The summed E-state index contributed by atoms with van der Waals surface area (Å²) in [5, 5.41) is 9.94. The Morgan fingerprint density at radius 2 is 2.17 bits per heavy atom.